The maximum absolute atomic E-state index is 11.5. The maximum atomic E-state index is 11.5. The van der Waals surface area contributed by atoms with Crippen molar-refractivity contribution in [2.75, 3.05) is 13.7 Å². The molecule has 1 aromatic carbocycles. The van der Waals surface area contributed by atoms with E-state index in [1.54, 1.807) is 18.3 Å². The third-order valence-electron chi connectivity index (χ3n) is 2.84. The first-order chi connectivity index (χ1) is 9.24. The molecule has 0 radical (unpaired) electrons. The number of hydrogen-bond acceptors (Lipinski definition) is 4. The van der Waals surface area contributed by atoms with Crippen LogP contribution in [0.1, 0.15) is 16.8 Å². The van der Waals surface area contributed by atoms with Crippen LogP contribution >= 0.6 is 12.4 Å². The Balaban J connectivity index is 0.00000200. The Morgan fingerprint density at radius 3 is 2.90 bits per heavy atom. The van der Waals surface area contributed by atoms with Gasteiger partial charge in [-0.05, 0) is 30.7 Å². The second kappa shape index (κ2) is 7.67. The number of ether oxygens (including phenoxy) is 1. The van der Waals surface area contributed by atoms with Gasteiger partial charge in [0.15, 0.2) is 0 Å². The number of esters is 1. The van der Waals surface area contributed by atoms with Crippen LogP contribution < -0.4 is 5.73 Å². The molecule has 1 aromatic heterocycles. The third kappa shape index (κ3) is 3.82. The molecule has 0 aliphatic heterocycles. The summed E-state index contributed by atoms with van der Waals surface area (Å²) in [6.45, 7) is 1.44. The largest absolute Gasteiger partial charge is 0.465 e. The van der Waals surface area contributed by atoms with Crippen molar-refractivity contribution in [2.24, 2.45) is 5.73 Å². The number of benzene rings is 1. The number of nitrogens with zero attached hydrogens (tertiary/aromatic N) is 2. The Hall–Kier alpha value is -1.85. The molecule has 0 amide bonds. The molecule has 0 atom stereocenters. The lowest BCUT2D eigenvalue weighted by Gasteiger charge is -2.02. The Labute approximate surface area is 124 Å². The van der Waals surface area contributed by atoms with E-state index in [0.717, 1.165) is 24.1 Å². The predicted octanol–water partition coefficient (Wildman–Crippen LogP) is 2.11. The Bertz CT molecular complexity index is 569. The number of aryl methyl sites for hydroxylation is 1. The van der Waals surface area contributed by atoms with Crippen molar-refractivity contribution in [3.63, 3.8) is 0 Å². The normalized spacial score (nSPS) is 9.90. The minimum atomic E-state index is -0.336. The molecule has 1 heterocycles. The number of aromatic nitrogens is 2. The molecule has 20 heavy (non-hydrogen) atoms. The van der Waals surface area contributed by atoms with E-state index in [9.17, 15) is 4.79 Å². The van der Waals surface area contributed by atoms with E-state index in [1.165, 1.54) is 7.11 Å². The van der Waals surface area contributed by atoms with E-state index in [0.29, 0.717) is 12.1 Å². The number of hydrogen-bond donors (Lipinski definition) is 1. The monoisotopic (exact) mass is 295 g/mol. The van der Waals surface area contributed by atoms with Crippen LogP contribution in [-0.2, 0) is 11.3 Å². The first-order valence-corrected chi connectivity index (χ1v) is 6.16. The van der Waals surface area contributed by atoms with Gasteiger partial charge in [-0.1, -0.05) is 12.1 Å². The summed E-state index contributed by atoms with van der Waals surface area (Å²) in [7, 11) is 1.37. The van der Waals surface area contributed by atoms with Gasteiger partial charge in [0.05, 0.1) is 18.9 Å². The molecular formula is C14H18ClN3O2. The molecule has 2 aromatic rings. The van der Waals surface area contributed by atoms with Gasteiger partial charge in [0.25, 0.3) is 0 Å². The first kappa shape index (κ1) is 16.2. The average molecular weight is 296 g/mol. The van der Waals surface area contributed by atoms with Crippen LogP contribution in [0.15, 0.2) is 36.7 Å². The number of carbonyl (C=O) groups is 1. The first-order valence-electron chi connectivity index (χ1n) is 6.16. The van der Waals surface area contributed by atoms with E-state index in [1.807, 2.05) is 23.0 Å². The molecule has 0 spiro atoms. The van der Waals surface area contributed by atoms with Crippen molar-refractivity contribution in [3.8, 4) is 11.1 Å². The van der Waals surface area contributed by atoms with Gasteiger partial charge in [-0.25, -0.2) is 4.79 Å². The number of carbonyl (C=O) groups excluding carboxylic acids is 1. The molecule has 0 aliphatic carbocycles. The average Bonchev–Trinajstić information content (AvgIpc) is 2.93. The fourth-order valence-electron chi connectivity index (χ4n) is 1.83. The van der Waals surface area contributed by atoms with E-state index < -0.39 is 0 Å². The highest BCUT2D eigenvalue weighted by molar-refractivity contribution is 5.90. The van der Waals surface area contributed by atoms with E-state index >= 15 is 0 Å². The van der Waals surface area contributed by atoms with Crippen LogP contribution in [0, 0.1) is 0 Å². The predicted molar refractivity (Wildman–Crippen MR) is 79.9 cm³/mol. The van der Waals surface area contributed by atoms with E-state index in [-0.39, 0.29) is 18.4 Å². The van der Waals surface area contributed by atoms with Crippen LogP contribution in [0.4, 0.5) is 0 Å². The lowest BCUT2D eigenvalue weighted by Crippen LogP contribution is -2.05. The molecule has 0 unspecified atom stereocenters. The van der Waals surface area contributed by atoms with Crippen molar-refractivity contribution in [2.45, 2.75) is 13.0 Å². The standard InChI is InChI=1S/C14H17N3O2.ClH/c1-19-14(18)12-5-2-4-11(8-12)13-9-16-17(10-13)7-3-6-15;/h2,4-5,8-10H,3,6-7,15H2,1H3;1H. The van der Waals surface area contributed by atoms with Gasteiger partial charge in [0, 0.05) is 18.3 Å². The van der Waals surface area contributed by atoms with E-state index in [4.69, 9.17) is 10.5 Å². The maximum Gasteiger partial charge on any atom is 0.337 e. The molecule has 2 rings (SSSR count). The van der Waals surface area contributed by atoms with Crippen molar-refractivity contribution in [3.05, 3.63) is 42.2 Å². The third-order valence-corrected chi connectivity index (χ3v) is 2.84. The van der Waals surface area contributed by atoms with Crippen LogP contribution in [0.3, 0.4) is 0 Å². The summed E-state index contributed by atoms with van der Waals surface area (Å²) in [4.78, 5) is 11.5. The molecule has 6 heteroatoms. The van der Waals surface area contributed by atoms with E-state index in [2.05, 4.69) is 5.10 Å². The quantitative estimate of drug-likeness (QED) is 0.858. The number of nitrogens with two attached hydrogens (primary N) is 1. The second-order valence-electron chi connectivity index (χ2n) is 4.21. The Kier molecular flexibility index (Phi) is 6.21. The lowest BCUT2D eigenvalue weighted by molar-refractivity contribution is 0.0601. The van der Waals surface area contributed by atoms with Crippen LogP contribution in [-0.4, -0.2) is 29.4 Å². The summed E-state index contributed by atoms with van der Waals surface area (Å²) in [6, 6.07) is 7.31. The zero-order valence-electron chi connectivity index (χ0n) is 11.3. The van der Waals surface area contributed by atoms with Gasteiger partial charge in [0.2, 0.25) is 0 Å². The Morgan fingerprint density at radius 2 is 2.20 bits per heavy atom. The van der Waals surface area contributed by atoms with Gasteiger partial charge in [-0.2, -0.15) is 5.10 Å². The number of methoxy groups -OCH3 is 1. The fourth-order valence-corrected chi connectivity index (χ4v) is 1.83. The van der Waals surface area contributed by atoms with Crippen molar-refractivity contribution in [1.29, 1.82) is 0 Å². The number of halogens is 1. The minimum Gasteiger partial charge on any atom is -0.465 e. The molecule has 2 N–H and O–H groups in total. The zero-order chi connectivity index (χ0) is 13.7. The molecule has 0 saturated carbocycles. The lowest BCUT2D eigenvalue weighted by atomic mass is 10.1. The molecule has 0 saturated heterocycles. The summed E-state index contributed by atoms with van der Waals surface area (Å²) in [5.41, 5.74) is 7.93. The molecule has 0 bridgehead atoms. The summed E-state index contributed by atoms with van der Waals surface area (Å²) in [5, 5.41) is 4.27. The van der Waals surface area contributed by atoms with Crippen LogP contribution in [0.5, 0.6) is 0 Å². The molecule has 0 fully saturated rings. The molecule has 0 aliphatic rings. The summed E-state index contributed by atoms with van der Waals surface area (Å²) >= 11 is 0. The minimum absolute atomic E-state index is 0. The fraction of sp³-hybridized carbons (Fsp3) is 0.286. The van der Waals surface area contributed by atoms with Gasteiger partial charge in [-0.15, -0.1) is 12.4 Å². The molecule has 108 valence electrons. The SMILES string of the molecule is COC(=O)c1cccc(-c2cnn(CCCN)c2)c1.Cl. The van der Waals surface area contributed by atoms with Gasteiger partial charge in [-0.3, -0.25) is 4.68 Å². The van der Waals surface area contributed by atoms with Crippen molar-refractivity contribution < 1.29 is 9.53 Å². The summed E-state index contributed by atoms with van der Waals surface area (Å²) < 4.78 is 6.57. The summed E-state index contributed by atoms with van der Waals surface area (Å²) in [6.07, 6.45) is 4.63. The highest BCUT2D eigenvalue weighted by Crippen LogP contribution is 2.20. The van der Waals surface area contributed by atoms with Crippen LogP contribution in [0.2, 0.25) is 0 Å². The molecular weight excluding hydrogens is 278 g/mol. The van der Waals surface area contributed by atoms with Gasteiger partial charge >= 0.3 is 5.97 Å². The van der Waals surface area contributed by atoms with Gasteiger partial charge < -0.3 is 10.5 Å². The highest BCUT2D eigenvalue weighted by atomic mass is 35.5. The van der Waals surface area contributed by atoms with Crippen molar-refractivity contribution >= 4 is 18.4 Å². The smallest absolute Gasteiger partial charge is 0.337 e. The Morgan fingerprint density at radius 1 is 1.40 bits per heavy atom. The van der Waals surface area contributed by atoms with Gasteiger partial charge in [0.1, 0.15) is 0 Å². The summed E-state index contributed by atoms with van der Waals surface area (Å²) in [5.74, 6) is -0.336. The van der Waals surface area contributed by atoms with Crippen molar-refractivity contribution in [1.82, 2.24) is 9.78 Å². The number of rotatable bonds is 5. The second-order valence-corrected chi connectivity index (χ2v) is 4.21. The highest BCUT2D eigenvalue weighted by Gasteiger charge is 2.08. The topological polar surface area (TPSA) is 70.1 Å². The zero-order valence-corrected chi connectivity index (χ0v) is 12.1. The molecule has 5 nitrogen and oxygen atoms in total. The van der Waals surface area contributed by atoms with Crippen LogP contribution in [0.25, 0.3) is 11.1 Å².